The van der Waals surface area contributed by atoms with Crippen molar-refractivity contribution >= 4 is 0 Å². The fourth-order valence-corrected chi connectivity index (χ4v) is 1.67. The molecule has 0 amide bonds. The molecule has 72 valence electrons. The second kappa shape index (κ2) is 4.80. The summed E-state index contributed by atoms with van der Waals surface area (Å²) in [5.41, 5.74) is 0. The summed E-state index contributed by atoms with van der Waals surface area (Å²) >= 11 is 0. The predicted octanol–water partition coefficient (Wildman–Crippen LogP) is 0.478. The molecule has 0 bridgehead atoms. The van der Waals surface area contributed by atoms with Crippen molar-refractivity contribution in [3.05, 3.63) is 0 Å². The van der Waals surface area contributed by atoms with Gasteiger partial charge in [0.25, 0.3) is 0 Å². The number of likely N-dealkylation sites (tertiary alicyclic amines) is 1. The third-order valence-corrected chi connectivity index (χ3v) is 2.70. The van der Waals surface area contributed by atoms with Crippen LogP contribution < -0.4 is 0 Å². The van der Waals surface area contributed by atoms with Crippen LogP contribution in [0.5, 0.6) is 0 Å². The van der Waals surface area contributed by atoms with E-state index in [4.69, 9.17) is 9.84 Å². The van der Waals surface area contributed by atoms with Gasteiger partial charge in [0.15, 0.2) is 0 Å². The van der Waals surface area contributed by atoms with Crippen LogP contribution in [0.4, 0.5) is 0 Å². The molecule has 0 aliphatic carbocycles. The second-order valence-electron chi connectivity index (χ2n) is 3.50. The molecule has 0 aromatic rings. The Morgan fingerprint density at radius 3 is 2.50 bits per heavy atom. The first-order chi connectivity index (χ1) is 5.77. The average Bonchev–Trinajstić information content (AvgIpc) is 2.17. The topological polar surface area (TPSA) is 32.7 Å². The maximum absolute atomic E-state index is 8.94. The maximum atomic E-state index is 8.94. The number of aliphatic hydroxyl groups is 1. The lowest BCUT2D eigenvalue weighted by Gasteiger charge is -2.34. The molecule has 1 aliphatic rings. The largest absolute Gasteiger partial charge is 0.395 e. The van der Waals surface area contributed by atoms with Crippen LogP contribution in [-0.2, 0) is 4.74 Å². The van der Waals surface area contributed by atoms with E-state index in [1.165, 1.54) is 0 Å². The van der Waals surface area contributed by atoms with Gasteiger partial charge in [0.1, 0.15) is 0 Å². The van der Waals surface area contributed by atoms with Gasteiger partial charge in [0.05, 0.1) is 12.7 Å². The van der Waals surface area contributed by atoms with E-state index in [9.17, 15) is 0 Å². The number of aliphatic hydroxyl groups excluding tert-OH is 1. The molecular formula is C9H19NO2. The van der Waals surface area contributed by atoms with Gasteiger partial charge in [-0.15, -0.1) is 0 Å². The van der Waals surface area contributed by atoms with Gasteiger partial charge in [0.2, 0.25) is 0 Å². The molecular weight excluding hydrogens is 154 g/mol. The summed E-state index contributed by atoms with van der Waals surface area (Å²) in [4.78, 5) is 2.32. The number of hydrogen-bond donors (Lipinski definition) is 1. The van der Waals surface area contributed by atoms with E-state index in [0.717, 1.165) is 25.9 Å². The van der Waals surface area contributed by atoms with Crippen LogP contribution in [0, 0.1) is 0 Å². The Hall–Kier alpha value is -0.120. The minimum atomic E-state index is 0.262. The van der Waals surface area contributed by atoms with Gasteiger partial charge in [-0.05, 0) is 19.8 Å². The Kier molecular flexibility index (Phi) is 3.98. The van der Waals surface area contributed by atoms with Gasteiger partial charge in [-0.2, -0.15) is 0 Å². The molecule has 1 atom stereocenters. The van der Waals surface area contributed by atoms with Crippen molar-refractivity contribution in [3.8, 4) is 0 Å². The summed E-state index contributed by atoms with van der Waals surface area (Å²) in [6.45, 7) is 4.44. The van der Waals surface area contributed by atoms with Crippen molar-refractivity contribution in [1.82, 2.24) is 4.90 Å². The van der Waals surface area contributed by atoms with Gasteiger partial charge in [-0.25, -0.2) is 0 Å². The lowest BCUT2D eigenvalue weighted by atomic mass is 10.1. The number of methoxy groups -OCH3 is 1. The Balaban J connectivity index is 2.25. The molecule has 3 nitrogen and oxygen atoms in total. The molecule has 12 heavy (non-hydrogen) atoms. The monoisotopic (exact) mass is 173 g/mol. The first kappa shape index (κ1) is 9.96. The summed E-state index contributed by atoms with van der Waals surface area (Å²) in [5, 5.41) is 8.94. The van der Waals surface area contributed by atoms with E-state index in [-0.39, 0.29) is 6.61 Å². The minimum absolute atomic E-state index is 0.262. The van der Waals surface area contributed by atoms with E-state index < -0.39 is 0 Å². The number of hydrogen-bond acceptors (Lipinski definition) is 3. The van der Waals surface area contributed by atoms with Crippen molar-refractivity contribution in [1.29, 1.82) is 0 Å². The highest BCUT2D eigenvalue weighted by Gasteiger charge is 2.21. The van der Waals surface area contributed by atoms with Crippen LogP contribution in [0.1, 0.15) is 19.8 Å². The van der Waals surface area contributed by atoms with Crippen molar-refractivity contribution < 1.29 is 9.84 Å². The van der Waals surface area contributed by atoms with Crippen LogP contribution >= 0.6 is 0 Å². The normalized spacial score (nSPS) is 24.2. The second-order valence-corrected chi connectivity index (χ2v) is 3.50. The van der Waals surface area contributed by atoms with E-state index >= 15 is 0 Å². The van der Waals surface area contributed by atoms with Gasteiger partial charge >= 0.3 is 0 Å². The molecule has 1 heterocycles. The molecule has 0 aromatic carbocycles. The third kappa shape index (κ3) is 2.44. The zero-order valence-corrected chi connectivity index (χ0v) is 7.99. The van der Waals surface area contributed by atoms with Crippen LogP contribution in [0.2, 0.25) is 0 Å². The van der Waals surface area contributed by atoms with Gasteiger partial charge in [-0.3, -0.25) is 4.90 Å². The maximum Gasteiger partial charge on any atom is 0.0595 e. The predicted molar refractivity (Wildman–Crippen MR) is 48.2 cm³/mol. The zero-order valence-electron chi connectivity index (χ0n) is 7.99. The number of rotatable bonds is 3. The smallest absolute Gasteiger partial charge is 0.0595 e. The summed E-state index contributed by atoms with van der Waals surface area (Å²) in [5.74, 6) is 0. The molecule has 1 aliphatic heterocycles. The number of ether oxygens (including phenoxy) is 1. The SMILES string of the molecule is COC1CCN(C(C)CO)CC1. The van der Waals surface area contributed by atoms with Crippen molar-refractivity contribution in [2.24, 2.45) is 0 Å². The number of nitrogens with zero attached hydrogens (tertiary/aromatic N) is 1. The van der Waals surface area contributed by atoms with Crippen LogP contribution in [-0.4, -0.2) is 49.0 Å². The quantitative estimate of drug-likeness (QED) is 0.673. The first-order valence-electron chi connectivity index (χ1n) is 4.65. The van der Waals surface area contributed by atoms with Gasteiger partial charge in [-0.1, -0.05) is 0 Å². The fourth-order valence-electron chi connectivity index (χ4n) is 1.67. The van der Waals surface area contributed by atoms with Crippen molar-refractivity contribution in [3.63, 3.8) is 0 Å². The fraction of sp³-hybridized carbons (Fsp3) is 1.00. The summed E-state index contributed by atoms with van der Waals surface area (Å²) < 4.78 is 5.26. The molecule has 1 N–H and O–H groups in total. The van der Waals surface area contributed by atoms with Crippen LogP contribution in [0.3, 0.4) is 0 Å². The van der Waals surface area contributed by atoms with Crippen LogP contribution in [0.25, 0.3) is 0 Å². The Morgan fingerprint density at radius 1 is 1.50 bits per heavy atom. The Bertz CT molecular complexity index is 122. The molecule has 0 radical (unpaired) electrons. The zero-order chi connectivity index (χ0) is 8.97. The van der Waals surface area contributed by atoms with Crippen molar-refractivity contribution in [2.75, 3.05) is 26.8 Å². The van der Waals surface area contributed by atoms with Crippen LogP contribution in [0.15, 0.2) is 0 Å². The molecule has 1 rings (SSSR count). The highest BCUT2D eigenvalue weighted by molar-refractivity contribution is 4.75. The van der Waals surface area contributed by atoms with E-state index in [2.05, 4.69) is 11.8 Å². The average molecular weight is 173 g/mol. The van der Waals surface area contributed by atoms with E-state index in [1.54, 1.807) is 7.11 Å². The summed E-state index contributed by atoms with van der Waals surface area (Å²) in [6, 6.07) is 0.308. The third-order valence-electron chi connectivity index (χ3n) is 2.70. The molecule has 0 saturated carbocycles. The first-order valence-corrected chi connectivity index (χ1v) is 4.65. The molecule has 1 saturated heterocycles. The highest BCUT2D eigenvalue weighted by Crippen LogP contribution is 2.14. The number of piperidine rings is 1. The molecule has 1 unspecified atom stereocenters. The minimum Gasteiger partial charge on any atom is -0.395 e. The lowest BCUT2D eigenvalue weighted by molar-refractivity contribution is 0.0202. The molecule has 3 heteroatoms. The van der Waals surface area contributed by atoms with Gasteiger partial charge < -0.3 is 9.84 Å². The Morgan fingerprint density at radius 2 is 2.08 bits per heavy atom. The standard InChI is InChI=1S/C9H19NO2/c1-8(7-11)10-5-3-9(12-2)4-6-10/h8-9,11H,3-7H2,1-2H3. The molecule has 0 aromatic heterocycles. The highest BCUT2D eigenvalue weighted by atomic mass is 16.5. The Labute approximate surface area is 74.3 Å². The van der Waals surface area contributed by atoms with E-state index in [0.29, 0.717) is 12.1 Å². The van der Waals surface area contributed by atoms with E-state index in [1.807, 2.05) is 0 Å². The van der Waals surface area contributed by atoms with Gasteiger partial charge in [0, 0.05) is 26.2 Å². The summed E-state index contributed by atoms with van der Waals surface area (Å²) in [6.07, 6.45) is 2.63. The van der Waals surface area contributed by atoms with Crippen molar-refractivity contribution in [2.45, 2.75) is 31.9 Å². The molecule has 1 fully saturated rings. The summed E-state index contributed by atoms with van der Waals surface area (Å²) in [7, 11) is 1.77. The lowest BCUT2D eigenvalue weighted by Crippen LogP contribution is -2.43. The molecule has 0 spiro atoms.